The Hall–Kier alpha value is -2.61. The van der Waals surface area contributed by atoms with Crippen molar-refractivity contribution < 1.29 is 18.0 Å². The monoisotopic (exact) mass is 366 g/mol. The van der Waals surface area contributed by atoms with Gasteiger partial charge in [0.1, 0.15) is 5.82 Å². The van der Waals surface area contributed by atoms with Crippen molar-refractivity contribution in [2.75, 3.05) is 37.8 Å². The highest BCUT2D eigenvalue weighted by molar-refractivity contribution is 6.04. The van der Waals surface area contributed by atoms with Crippen LogP contribution < -0.4 is 10.6 Å². The van der Waals surface area contributed by atoms with Gasteiger partial charge in [-0.1, -0.05) is 0 Å². The van der Waals surface area contributed by atoms with E-state index in [1.54, 1.807) is 12.1 Å². The summed E-state index contributed by atoms with van der Waals surface area (Å²) in [6.07, 6.45) is -1.95. The van der Waals surface area contributed by atoms with E-state index in [1.807, 2.05) is 14.1 Å². The number of halogens is 3. The van der Waals surface area contributed by atoms with Gasteiger partial charge in [-0.25, -0.2) is 4.98 Å². The third kappa shape index (κ3) is 6.03. The minimum absolute atomic E-state index is 0.142. The van der Waals surface area contributed by atoms with Gasteiger partial charge >= 0.3 is 6.18 Å². The fourth-order valence-corrected chi connectivity index (χ4v) is 2.20. The van der Waals surface area contributed by atoms with Crippen molar-refractivity contribution in [3.63, 3.8) is 0 Å². The molecule has 26 heavy (non-hydrogen) atoms. The topological polar surface area (TPSA) is 57.3 Å². The highest BCUT2D eigenvalue weighted by Gasteiger charge is 2.30. The maximum atomic E-state index is 12.5. The number of amides is 1. The molecule has 0 saturated heterocycles. The summed E-state index contributed by atoms with van der Waals surface area (Å²) < 4.78 is 37.6. The van der Waals surface area contributed by atoms with E-state index in [9.17, 15) is 18.0 Å². The van der Waals surface area contributed by atoms with Crippen molar-refractivity contribution in [1.82, 2.24) is 9.88 Å². The molecule has 5 nitrogen and oxygen atoms in total. The van der Waals surface area contributed by atoms with Gasteiger partial charge < -0.3 is 15.5 Å². The lowest BCUT2D eigenvalue weighted by atomic mass is 10.1. The molecule has 0 unspecified atom stereocenters. The second kappa shape index (κ2) is 8.66. The number of nitrogens with one attached hydrogen (secondary N) is 2. The lowest BCUT2D eigenvalue weighted by Crippen LogP contribution is -2.16. The molecule has 0 aliphatic rings. The normalized spacial score (nSPS) is 11.5. The van der Waals surface area contributed by atoms with Gasteiger partial charge in [0.2, 0.25) is 0 Å². The molecule has 1 aromatic heterocycles. The van der Waals surface area contributed by atoms with Crippen LogP contribution in [-0.4, -0.2) is 43.0 Å². The van der Waals surface area contributed by atoms with Crippen LogP contribution in [0, 0.1) is 0 Å². The summed E-state index contributed by atoms with van der Waals surface area (Å²) in [6.45, 7) is 1.75. The molecule has 0 aliphatic carbocycles. The second-order valence-corrected chi connectivity index (χ2v) is 6.04. The predicted octanol–water partition coefficient (Wildman–Crippen LogP) is 3.72. The zero-order chi connectivity index (χ0) is 19.2. The molecule has 2 rings (SSSR count). The van der Waals surface area contributed by atoms with Crippen molar-refractivity contribution in [3.8, 4) is 0 Å². The quantitative estimate of drug-likeness (QED) is 0.734. The molecule has 0 spiro atoms. The molecule has 0 fully saturated rings. The van der Waals surface area contributed by atoms with Gasteiger partial charge in [-0.3, -0.25) is 4.79 Å². The molecule has 2 aromatic rings. The molecule has 0 aliphatic heterocycles. The van der Waals surface area contributed by atoms with E-state index < -0.39 is 17.6 Å². The Morgan fingerprint density at radius 3 is 2.35 bits per heavy atom. The molecule has 0 radical (unpaired) electrons. The Kier molecular flexibility index (Phi) is 6.57. The SMILES string of the molecule is CN(C)CCCNc1ccc(NC(=O)c2ccc(C(F)(F)F)cc2)cn1. The van der Waals surface area contributed by atoms with Crippen LogP contribution in [0.15, 0.2) is 42.6 Å². The highest BCUT2D eigenvalue weighted by Crippen LogP contribution is 2.29. The van der Waals surface area contributed by atoms with Crippen LogP contribution in [0.25, 0.3) is 0 Å². The number of aromatic nitrogens is 1. The van der Waals surface area contributed by atoms with Crippen molar-refractivity contribution >= 4 is 17.4 Å². The fourth-order valence-electron chi connectivity index (χ4n) is 2.20. The molecule has 0 bridgehead atoms. The molecule has 0 atom stereocenters. The minimum Gasteiger partial charge on any atom is -0.370 e. The van der Waals surface area contributed by atoms with Crippen LogP contribution >= 0.6 is 0 Å². The summed E-state index contributed by atoms with van der Waals surface area (Å²) in [6, 6.07) is 7.47. The largest absolute Gasteiger partial charge is 0.416 e. The van der Waals surface area contributed by atoms with Crippen LogP contribution in [0.2, 0.25) is 0 Å². The number of pyridine rings is 1. The molecule has 140 valence electrons. The number of hydrogen-bond acceptors (Lipinski definition) is 4. The van der Waals surface area contributed by atoms with Crippen molar-refractivity contribution in [1.29, 1.82) is 0 Å². The number of hydrogen-bond donors (Lipinski definition) is 2. The van der Waals surface area contributed by atoms with Crippen LogP contribution in [0.5, 0.6) is 0 Å². The molecule has 1 aromatic carbocycles. The van der Waals surface area contributed by atoms with Crippen molar-refractivity contribution in [2.24, 2.45) is 0 Å². The van der Waals surface area contributed by atoms with Crippen LogP contribution in [0.4, 0.5) is 24.7 Å². The zero-order valence-corrected chi connectivity index (χ0v) is 14.6. The first-order valence-corrected chi connectivity index (χ1v) is 8.09. The van der Waals surface area contributed by atoms with E-state index in [1.165, 1.54) is 6.20 Å². The van der Waals surface area contributed by atoms with E-state index in [2.05, 4.69) is 20.5 Å². The third-order valence-electron chi connectivity index (χ3n) is 3.58. The van der Waals surface area contributed by atoms with E-state index in [0.717, 1.165) is 43.8 Å². The first-order valence-electron chi connectivity index (χ1n) is 8.09. The molecule has 1 amide bonds. The number of rotatable bonds is 7. The molecule has 0 saturated carbocycles. The Morgan fingerprint density at radius 2 is 1.81 bits per heavy atom. The van der Waals surface area contributed by atoms with Gasteiger partial charge in [0.15, 0.2) is 0 Å². The average Bonchev–Trinajstić information content (AvgIpc) is 2.59. The van der Waals surface area contributed by atoms with Gasteiger partial charge in [0.05, 0.1) is 17.4 Å². The van der Waals surface area contributed by atoms with Gasteiger partial charge in [-0.15, -0.1) is 0 Å². The summed E-state index contributed by atoms with van der Waals surface area (Å²) in [5.41, 5.74) is -0.182. The molecule has 2 N–H and O–H groups in total. The smallest absolute Gasteiger partial charge is 0.370 e. The third-order valence-corrected chi connectivity index (χ3v) is 3.58. The molecule has 8 heteroatoms. The van der Waals surface area contributed by atoms with E-state index in [0.29, 0.717) is 11.5 Å². The van der Waals surface area contributed by atoms with Crippen molar-refractivity contribution in [3.05, 3.63) is 53.7 Å². The first kappa shape index (κ1) is 19.7. The van der Waals surface area contributed by atoms with Crippen molar-refractivity contribution in [2.45, 2.75) is 12.6 Å². The average molecular weight is 366 g/mol. The van der Waals surface area contributed by atoms with Gasteiger partial charge in [0, 0.05) is 12.1 Å². The maximum absolute atomic E-state index is 12.5. The Bertz CT molecular complexity index is 713. The first-order chi connectivity index (χ1) is 12.3. The molecule has 1 heterocycles. The van der Waals surface area contributed by atoms with Gasteiger partial charge in [-0.2, -0.15) is 13.2 Å². The summed E-state index contributed by atoms with van der Waals surface area (Å²) in [5, 5.41) is 5.78. The lowest BCUT2D eigenvalue weighted by molar-refractivity contribution is -0.137. The fraction of sp³-hybridized carbons (Fsp3) is 0.333. The Balaban J connectivity index is 1.89. The predicted molar refractivity (Wildman–Crippen MR) is 95.3 cm³/mol. The standard InChI is InChI=1S/C18H21F3N4O/c1-25(2)11-3-10-22-16-9-8-15(12-23-16)24-17(26)13-4-6-14(7-5-13)18(19,20)21/h4-9,12H,3,10-11H2,1-2H3,(H,22,23)(H,24,26). The van der Waals surface area contributed by atoms with Gasteiger partial charge in [-0.05, 0) is 63.5 Å². The number of carbonyl (C=O) groups is 1. The number of carbonyl (C=O) groups excluding carboxylic acids is 1. The summed E-state index contributed by atoms with van der Waals surface area (Å²) >= 11 is 0. The van der Waals surface area contributed by atoms with Gasteiger partial charge in [0.25, 0.3) is 5.91 Å². The second-order valence-electron chi connectivity index (χ2n) is 6.04. The Morgan fingerprint density at radius 1 is 1.12 bits per heavy atom. The number of anilines is 2. The minimum atomic E-state index is -4.42. The molecular formula is C18H21F3N4O. The Labute approximate surface area is 150 Å². The zero-order valence-electron chi connectivity index (χ0n) is 14.6. The summed E-state index contributed by atoms with van der Waals surface area (Å²) in [7, 11) is 4.01. The van der Waals surface area contributed by atoms with E-state index >= 15 is 0 Å². The highest BCUT2D eigenvalue weighted by atomic mass is 19.4. The summed E-state index contributed by atoms with van der Waals surface area (Å²) in [5.74, 6) is 0.198. The number of nitrogens with zero attached hydrogens (tertiary/aromatic N) is 2. The van der Waals surface area contributed by atoms with E-state index in [4.69, 9.17) is 0 Å². The van der Waals surface area contributed by atoms with E-state index in [-0.39, 0.29) is 5.56 Å². The lowest BCUT2D eigenvalue weighted by Gasteiger charge is -2.11. The van der Waals surface area contributed by atoms with Crippen LogP contribution in [0.3, 0.4) is 0 Å². The molecular weight excluding hydrogens is 345 g/mol. The van der Waals surface area contributed by atoms with Crippen LogP contribution in [-0.2, 0) is 6.18 Å². The number of benzene rings is 1. The maximum Gasteiger partial charge on any atom is 0.416 e. The number of alkyl halides is 3. The summed E-state index contributed by atoms with van der Waals surface area (Å²) in [4.78, 5) is 18.4. The van der Waals surface area contributed by atoms with Crippen LogP contribution in [0.1, 0.15) is 22.3 Å².